The Bertz CT molecular complexity index is 338. The second-order valence-electron chi connectivity index (χ2n) is 3.88. The lowest BCUT2D eigenvalue weighted by molar-refractivity contribution is -0.188. The van der Waals surface area contributed by atoms with Crippen LogP contribution in [0.4, 0.5) is 0 Å². The molecule has 0 aromatic carbocycles. The van der Waals surface area contributed by atoms with Crippen molar-refractivity contribution in [3.05, 3.63) is 12.3 Å². The number of aliphatic hydroxyl groups is 1. The van der Waals surface area contributed by atoms with Crippen LogP contribution in [0.2, 0.25) is 0 Å². The summed E-state index contributed by atoms with van der Waals surface area (Å²) in [5.74, 6) is -1.79. The molecule has 0 radical (unpaired) electrons. The second-order valence-corrected chi connectivity index (χ2v) is 3.88. The Morgan fingerprint density at radius 3 is 3.07 bits per heavy atom. The van der Waals surface area contributed by atoms with E-state index in [2.05, 4.69) is 5.32 Å². The maximum atomic E-state index is 11.5. The van der Waals surface area contributed by atoms with Gasteiger partial charge in [-0.1, -0.05) is 13.0 Å². The van der Waals surface area contributed by atoms with E-state index < -0.39 is 23.4 Å². The highest BCUT2D eigenvalue weighted by atomic mass is 16.6. The summed E-state index contributed by atoms with van der Waals surface area (Å²) in [6.45, 7) is 1.74. The van der Waals surface area contributed by atoms with Crippen molar-refractivity contribution in [1.82, 2.24) is 5.32 Å². The monoisotopic (exact) mass is 211 g/mol. The van der Waals surface area contributed by atoms with Gasteiger partial charge >= 0.3 is 5.97 Å². The number of hydrogen-bond donors (Lipinski definition) is 2. The summed E-state index contributed by atoms with van der Waals surface area (Å²) in [6, 6.07) is 0. The molecule has 0 aromatic heterocycles. The lowest BCUT2D eigenvalue weighted by Gasteiger charge is -2.41. The number of amides is 1. The Morgan fingerprint density at radius 2 is 2.40 bits per heavy atom. The number of carbonyl (C=O) groups excluding carboxylic acids is 2. The van der Waals surface area contributed by atoms with Crippen LogP contribution in [0.5, 0.6) is 0 Å². The third kappa shape index (κ3) is 1.34. The zero-order chi connectivity index (χ0) is 11.1. The number of carbonyl (C=O) groups is 2. The molecule has 82 valence electrons. The van der Waals surface area contributed by atoms with Gasteiger partial charge in [0, 0.05) is 12.1 Å². The zero-order valence-corrected chi connectivity index (χ0v) is 8.40. The van der Waals surface area contributed by atoms with Crippen molar-refractivity contribution < 1.29 is 19.4 Å². The quantitative estimate of drug-likeness (QED) is 0.576. The fourth-order valence-corrected chi connectivity index (χ4v) is 2.12. The molecule has 15 heavy (non-hydrogen) atoms. The lowest BCUT2D eigenvalue weighted by atomic mass is 9.73. The van der Waals surface area contributed by atoms with Crippen LogP contribution in [0, 0.1) is 11.8 Å². The van der Waals surface area contributed by atoms with Crippen molar-refractivity contribution in [3.63, 3.8) is 0 Å². The van der Waals surface area contributed by atoms with Crippen molar-refractivity contribution >= 4 is 11.9 Å². The predicted octanol–water partition coefficient (Wildman–Crippen LogP) is -0.440. The molecule has 2 aliphatic rings. The van der Waals surface area contributed by atoms with Crippen LogP contribution in [-0.4, -0.2) is 29.2 Å². The molecule has 2 unspecified atom stereocenters. The molecule has 0 aromatic rings. The van der Waals surface area contributed by atoms with E-state index in [9.17, 15) is 14.7 Å². The molecular formula is C10H13NO4. The average molecular weight is 211 g/mol. The van der Waals surface area contributed by atoms with Gasteiger partial charge in [-0.15, -0.1) is 0 Å². The van der Waals surface area contributed by atoms with E-state index in [0.29, 0.717) is 0 Å². The first-order valence-electron chi connectivity index (χ1n) is 4.96. The molecule has 0 spiro atoms. The van der Waals surface area contributed by atoms with Crippen molar-refractivity contribution in [2.24, 2.45) is 11.8 Å². The molecule has 5 heteroatoms. The topological polar surface area (TPSA) is 75.6 Å². The van der Waals surface area contributed by atoms with Crippen LogP contribution in [0.15, 0.2) is 12.3 Å². The molecule has 2 N–H and O–H groups in total. The molecule has 3 atom stereocenters. The Kier molecular flexibility index (Phi) is 2.26. The maximum absolute atomic E-state index is 11.5. The van der Waals surface area contributed by atoms with Crippen LogP contribution >= 0.6 is 0 Å². The van der Waals surface area contributed by atoms with Gasteiger partial charge in [0.1, 0.15) is 6.61 Å². The molecule has 2 aliphatic heterocycles. The van der Waals surface area contributed by atoms with Gasteiger partial charge in [0.15, 0.2) is 5.60 Å². The van der Waals surface area contributed by atoms with Crippen LogP contribution < -0.4 is 5.32 Å². The van der Waals surface area contributed by atoms with E-state index >= 15 is 0 Å². The van der Waals surface area contributed by atoms with Gasteiger partial charge in [0.25, 0.3) is 0 Å². The van der Waals surface area contributed by atoms with E-state index in [1.165, 1.54) is 6.20 Å². The normalized spacial score (nSPS) is 39.3. The van der Waals surface area contributed by atoms with Gasteiger partial charge in [0.2, 0.25) is 5.91 Å². The highest BCUT2D eigenvalue weighted by Crippen LogP contribution is 2.36. The molecule has 1 saturated heterocycles. The number of ether oxygens (including phenoxy) is 1. The molecule has 1 amide bonds. The molecule has 5 nitrogen and oxygen atoms in total. The van der Waals surface area contributed by atoms with Gasteiger partial charge in [-0.25, -0.2) is 4.79 Å². The first kappa shape index (κ1) is 10.2. The molecule has 1 fully saturated rings. The van der Waals surface area contributed by atoms with Crippen LogP contribution in [0.3, 0.4) is 0 Å². The van der Waals surface area contributed by atoms with Crippen molar-refractivity contribution in [2.75, 3.05) is 6.61 Å². The summed E-state index contributed by atoms with van der Waals surface area (Å²) in [5.41, 5.74) is -1.56. The number of hydrogen-bond acceptors (Lipinski definition) is 4. The van der Waals surface area contributed by atoms with Gasteiger partial charge in [-0.2, -0.15) is 0 Å². The SMILES string of the molecule is CC[C@]1(O)C(=O)OCC2C(=O)NC=CC21. The standard InChI is InChI=1S/C10H13NO4/c1-2-10(14)7-3-4-11-8(12)6(7)5-15-9(10)13/h3-4,6-7,14H,2,5H2,1H3,(H,11,12)/t6?,7?,10-/m1/s1. The smallest absolute Gasteiger partial charge is 0.338 e. The predicted molar refractivity (Wildman–Crippen MR) is 50.5 cm³/mol. The average Bonchev–Trinajstić information content (AvgIpc) is 2.24. The highest BCUT2D eigenvalue weighted by Gasteiger charge is 2.53. The third-order valence-corrected chi connectivity index (χ3v) is 3.14. The highest BCUT2D eigenvalue weighted by molar-refractivity contribution is 5.87. The summed E-state index contributed by atoms with van der Waals surface area (Å²) in [4.78, 5) is 22.9. The number of rotatable bonds is 1. The number of cyclic esters (lactones) is 1. The minimum absolute atomic E-state index is 0.0436. The van der Waals surface area contributed by atoms with Crippen molar-refractivity contribution in [3.8, 4) is 0 Å². The fourth-order valence-electron chi connectivity index (χ4n) is 2.12. The van der Waals surface area contributed by atoms with Crippen molar-refractivity contribution in [2.45, 2.75) is 18.9 Å². The van der Waals surface area contributed by atoms with Crippen LogP contribution in [-0.2, 0) is 14.3 Å². The second kappa shape index (κ2) is 3.34. The lowest BCUT2D eigenvalue weighted by Crippen LogP contribution is -2.58. The molecule has 2 rings (SSSR count). The van der Waals surface area contributed by atoms with Gasteiger partial charge < -0.3 is 15.2 Å². The van der Waals surface area contributed by atoms with Crippen LogP contribution in [0.25, 0.3) is 0 Å². The fraction of sp³-hybridized carbons (Fsp3) is 0.600. The molecule has 0 aliphatic carbocycles. The summed E-state index contributed by atoms with van der Waals surface area (Å²) in [6.07, 6.45) is 3.38. The summed E-state index contributed by atoms with van der Waals surface area (Å²) >= 11 is 0. The minimum Gasteiger partial charge on any atom is -0.463 e. The van der Waals surface area contributed by atoms with Gasteiger partial charge in [-0.05, 0) is 6.42 Å². The maximum Gasteiger partial charge on any atom is 0.338 e. The molecular weight excluding hydrogens is 198 g/mol. The molecule has 2 heterocycles. The van der Waals surface area contributed by atoms with E-state index in [1.807, 2.05) is 0 Å². The van der Waals surface area contributed by atoms with Gasteiger partial charge in [0.05, 0.1) is 5.92 Å². The number of esters is 1. The van der Waals surface area contributed by atoms with E-state index in [4.69, 9.17) is 4.74 Å². The third-order valence-electron chi connectivity index (χ3n) is 3.14. The Hall–Kier alpha value is -1.36. The summed E-state index contributed by atoms with van der Waals surface area (Å²) in [5, 5.41) is 12.7. The van der Waals surface area contributed by atoms with Crippen LogP contribution in [0.1, 0.15) is 13.3 Å². The van der Waals surface area contributed by atoms with E-state index in [-0.39, 0.29) is 18.9 Å². The number of fused-ring (bicyclic) bond motifs is 1. The Labute approximate surface area is 87.1 Å². The van der Waals surface area contributed by atoms with Crippen molar-refractivity contribution in [1.29, 1.82) is 0 Å². The molecule has 0 bridgehead atoms. The first-order chi connectivity index (χ1) is 7.09. The zero-order valence-electron chi connectivity index (χ0n) is 8.40. The number of nitrogens with one attached hydrogen (secondary N) is 1. The Morgan fingerprint density at radius 1 is 1.67 bits per heavy atom. The summed E-state index contributed by atoms with van der Waals surface area (Å²) in [7, 11) is 0. The molecule has 0 saturated carbocycles. The largest absolute Gasteiger partial charge is 0.463 e. The van der Waals surface area contributed by atoms with E-state index in [0.717, 1.165) is 0 Å². The first-order valence-corrected chi connectivity index (χ1v) is 4.96. The van der Waals surface area contributed by atoms with E-state index in [1.54, 1.807) is 13.0 Å². The minimum atomic E-state index is -1.56. The summed E-state index contributed by atoms with van der Waals surface area (Å²) < 4.78 is 4.84. The van der Waals surface area contributed by atoms with Gasteiger partial charge in [-0.3, -0.25) is 4.79 Å². The Balaban J connectivity index is 2.37.